The SMILES string of the molecule is CC#Cc1nc(-c2cc(O)cc3ccc(F)cc23)c(F)c2nc(OC[C@@]34CCCN3C[C@H](F)C4)nc(N3CCCC(C)(O)C3)c12. The number of ether oxygens (including phenoxy) is 1. The number of anilines is 1. The fraction of sp³-hybridized carbons (Fsp3) is 0.441. The van der Waals surface area contributed by atoms with Crippen LogP contribution >= 0.6 is 0 Å². The van der Waals surface area contributed by atoms with Gasteiger partial charge >= 0.3 is 6.01 Å². The van der Waals surface area contributed by atoms with E-state index in [4.69, 9.17) is 9.72 Å². The minimum absolute atomic E-state index is 0.0791. The summed E-state index contributed by atoms with van der Waals surface area (Å²) in [5.41, 5.74) is -1.38. The van der Waals surface area contributed by atoms with Gasteiger partial charge in [0.25, 0.3) is 0 Å². The highest BCUT2D eigenvalue weighted by atomic mass is 19.1. The Bertz CT molecular complexity index is 1890. The van der Waals surface area contributed by atoms with E-state index < -0.39 is 28.9 Å². The third kappa shape index (κ3) is 5.30. The molecule has 3 fully saturated rings. The van der Waals surface area contributed by atoms with Crippen LogP contribution in [0.5, 0.6) is 11.8 Å². The molecule has 0 spiro atoms. The fourth-order valence-electron chi connectivity index (χ4n) is 7.37. The molecular weight excluding hydrogens is 583 g/mol. The maximum atomic E-state index is 16.9. The molecule has 45 heavy (non-hydrogen) atoms. The summed E-state index contributed by atoms with van der Waals surface area (Å²) in [6.07, 6.45) is 2.39. The topological polar surface area (TPSA) is 94.8 Å². The average Bonchev–Trinajstić information content (AvgIpc) is 3.52. The number of halogens is 3. The Balaban J connectivity index is 1.44. The van der Waals surface area contributed by atoms with Gasteiger partial charge in [-0.15, -0.1) is 0 Å². The van der Waals surface area contributed by atoms with Crippen molar-refractivity contribution >= 4 is 27.5 Å². The second-order valence-corrected chi connectivity index (χ2v) is 12.8. The lowest BCUT2D eigenvalue weighted by atomic mass is 9.94. The van der Waals surface area contributed by atoms with Crippen LogP contribution in [-0.4, -0.2) is 80.2 Å². The maximum Gasteiger partial charge on any atom is 0.319 e. The highest BCUT2D eigenvalue weighted by molar-refractivity contribution is 6.01. The molecule has 2 N–H and O–H groups in total. The van der Waals surface area contributed by atoms with Gasteiger partial charge in [0.2, 0.25) is 0 Å². The van der Waals surface area contributed by atoms with Gasteiger partial charge in [0.1, 0.15) is 47.1 Å². The Kier molecular flexibility index (Phi) is 7.25. The molecule has 3 aliphatic heterocycles. The average molecular weight is 618 g/mol. The molecule has 2 aromatic carbocycles. The number of aromatic hydroxyl groups is 1. The Labute approximate surface area is 258 Å². The summed E-state index contributed by atoms with van der Waals surface area (Å²) < 4.78 is 51.9. The summed E-state index contributed by atoms with van der Waals surface area (Å²) in [5, 5.41) is 22.6. The molecule has 0 radical (unpaired) electrons. The number of alkyl halides is 1. The van der Waals surface area contributed by atoms with Crippen molar-refractivity contribution in [2.24, 2.45) is 0 Å². The molecule has 8 nitrogen and oxygen atoms in total. The lowest BCUT2D eigenvalue weighted by Crippen LogP contribution is -2.46. The third-order valence-electron chi connectivity index (χ3n) is 9.35. The zero-order chi connectivity index (χ0) is 31.5. The number of nitrogens with zero attached hydrogens (tertiary/aromatic N) is 5. The van der Waals surface area contributed by atoms with Gasteiger partial charge in [-0.1, -0.05) is 12.0 Å². The Morgan fingerprint density at radius 1 is 1.09 bits per heavy atom. The molecule has 11 heteroatoms. The first-order valence-electron chi connectivity index (χ1n) is 15.3. The summed E-state index contributed by atoms with van der Waals surface area (Å²) >= 11 is 0. The smallest absolute Gasteiger partial charge is 0.319 e. The van der Waals surface area contributed by atoms with Gasteiger partial charge in [-0.25, -0.2) is 18.2 Å². The van der Waals surface area contributed by atoms with Gasteiger partial charge in [0.05, 0.1) is 16.5 Å². The van der Waals surface area contributed by atoms with Gasteiger partial charge in [0.15, 0.2) is 5.82 Å². The van der Waals surface area contributed by atoms with Crippen LogP contribution in [0, 0.1) is 23.5 Å². The van der Waals surface area contributed by atoms with Crippen LogP contribution in [0.3, 0.4) is 0 Å². The number of hydrogen-bond acceptors (Lipinski definition) is 8. The molecule has 3 aliphatic rings. The van der Waals surface area contributed by atoms with Gasteiger partial charge in [0, 0.05) is 31.6 Å². The molecule has 3 saturated heterocycles. The number of aromatic nitrogens is 3. The van der Waals surface area contributed by atoms with Gasteiger partial charge in [-0.2, -0.15) is 9.97 Å². The van der Waals surface area contributed by atoms with Crippen LogP contribution in [0.4, 0.5) is 19.0 Å². The molecule has 0 amide bonds. The molecule has 4 aromatic rings. The first-order chi connectivity index (χ1) is 21.6. The molecule has 5 heterocycles. The summed E-state index contributed by atoms with van der Waals surface area (Å²) in [5.74, 6) is 4.66. The Hall–Kier alpha value is -4.14. The van der Waals surface area contributed by atoms with Gasteiger partial charge in [-0.3, -0.25) is 4.90 Å². The van der Waals surface area contributed by atoms with Crippen LogP contribution in [0.2, 0.25) is 0 Å². The van der Waals surface area contributed by atoms with Crippen molar-refractivity contribution in [2.75, 3.05) is 37.7 Å². The second kappa shape index (κ2) is 11.0. The van der Waals surface area contributed by atoms with Crippen molar-refractivity contribution in [3.63, 3.8) is 0 Å². The van der Waals surface area contributed by atoms with Crippen LogP contribution in [0.1, 0.15) is 51.6 Å². The number of rotatable bonds is 5. The number of pyridine rings is 1. The van der Waals surface area contributed by atoms with E-state index >= 15 is 4.39 Å². The Morgan fingerprint density at radius 2 is 1.91 bits per heavy atom. The third-order valence-corrected chi connectivity index (χ3v) is 9.35. The Morgan fingerprint density at radius 3 is 2.71 bits per heavy atom. The summed E-state index contributed by atoms with van der Waals surface area (Å²) in [4.78, 5) is 17.9. The van der Waals surface area contributed by atoms with E-state index in [0.29, 0.717) is 48.9 Å². The number of aliphatic hydroxyl groups is 1. The summed E-state index contributed by atoms with van der Waals surface area (Å²) in [6, 6.07) is 6.76. The van der Waals surface area contributed by atoms with E-state index in [0.717, 1.165) is 19.4 Å². The van der Waals surface area contributed by atoms with Crippen LogP contribution in [-0.2, 0) is 0 Å². The lowest BCUT2D eigenvalue weighted by Gasteiger charge is -2.38. The number of β-amino-alcohol motifs (C(OH)–C–C–N with tert-alkyl or cyclic N) is 1. The lowest BCUT2D eigenvalue weighted by molar-refractivity contribution is 0.0447. The summed E-state index contributed by atoms with van der Waals surface area (Å²) in [7, 11) is 0. The van der Waals surface area contributed by atoms with E-state index in [9.17, 15) is 19.0 Å². The largest absolute Gasteiger partial charge is 0.508 e. The molecule has 2 aromatic heterocycles. The van der Waals surface area contributed by atoms with Crippen molar-refractivity contribution < 1.29 is 28.1 Å². The van der Waals surface area contributed by atoms with Crippen LogP contribution in [0.15, 0.2) is 30.3 Å². The number of fused-ring (bicyclic) bond motifs is 3. The van der Waals surface area contributed by atoms with E-state index in [1.54, 1.807) is 13.8 Å². The molecule has 234 valence electrons. The number of hydrogen-bond donors (Lipinski definition) is 2. The predicted molar refractivity (Wildman–Crippen MR) is 165 cm³/mol. The molecule has 0 aliphatic carbocycles. The standard InChI is InChI=1S/C34H34F3N5O3/c1-3-6-26-27-30(28(37)29(38-26)25-15-23(43)13-20-7-8-21(35)14-24(20)25)39-32(40-31(27)41-11-4-9-33(2,44)18-41)45-19-34-10-5-12-42(34)17-22(36)16-34/h7-8,13-15,22,43-44H,4-5,9-12,16-19H2,1-2H3/t22-,33?,34+/m1/s1. The highest BCUT2D eigenvalue weighted by Gasteiger charge is 2.49. The maximum absolute atomic E-state index is 16.9. The molecule has 7 rings (SSSR count). The second-order valence-electron chi connectivity index (χ2n) is 12.8. The number of phenols is 1. The zero-order valence-corrected chi connectivity index (χ0v) is 25.2. The number of benzene rings is 2. The first kappa shape index (κ1) is 29.6. The van der Waals surface area contributed by atoms with Gasteiger partial charge in [-0.05, 0) is 87.0 Å². The van der Waals surface area contributed by atoms with Gasteiger partial charge < -0.3 is 19.8 Å². The summed E-state index contributed by atoms with van der Waals surface area (Å²) in [6.45, 7) is 5.45. The zero-order valence-electron chi connectivity index (χ0n) is 25.2. The number of piperidine rings is 1. The first-order valence-corrected chi connectivity index (χ1v) is 15.3. The quantitative estimate of drug-likeness (QED) is 0.284. The minimum Gasteiger partial charge on any atom is -0.508 e. The molecule has 0 bridgehead atoms. The van der Waals surface area contributed by atoms with E-state index in [1.165, 1.54) is 30.3 Å². The molecular formula is C34H34F3N5O3. The highest BCUT2D eigenvalue weighted by Crippen LogP contribution is 2.42. The molecule has 3 atom stereocenters. The normalized spacial score (nSPS) is 25.0. The van der Waals surface area contributed by atoms with E-state index in [2.05, 4.69) is 26.7 Å². The van der Waals surface area contributed by atoms with Crippen molar-refractivity contribution in [3.8, 4) is 34.9 Å². The monoisotopic (exact) mass is 617 g/mol. The van der Waals surface area contributed by atoms with E-state index in [1.807, 2.05) is 4.90 Å². The number of phenolic OH excluding ortho intramolecular Hbond substituents is 1. The van der Waals surface area contributed by atoms with Crippen molar-refractivity contribution in [2.45, 2.75) is 63.3 Å². The van der Waals surface area contributed by atoms with Crippen LogP contribution in [0.25, 0.3) is 32.9 Å². The van der Waals surface area contributed by atoms with Crippen LogP contribution < -0.4 is 9.64 Å². The van der Waals surface area contributed by atoms with E-state index in [-0.39, 0.29) is 52.8 Å². The van der Waals surface area contributed by atoms with Crippen molar-refractivity contribution in [3.05, 3.63) is 47.7 Å². The predicted octanol–water partition coefficient (Wildman–Crippen LogP) is 5.51. The molecule has 0 saturated carbocycles. The van der Waals surface area contributed by atoms with Crippen molar-refractivity contribution in [1.82, 2.24) is 19.9 Å². The van der Waals surface area contributed by atoms with Crippen molar-refractivity contribution in [1.29, 1.82) is 0 Å². The fourth-order valence-corrected chi connectivity index (χ4v) is 7.37. The minimum atomic E-state index is -1.01. The molecule has 1 unspecified atom stereocenters.